The quantitative estimate of drug-likeness (QED) is 0.0827. The molecule has 0 heterocycles. The van der Waals surface area contributed by atoms with Crippen molar-refractivity contribution in [1.29, 1.82) is 0 Å². The lowest BCUT2D eigenvalue weighted by molar-refractivity contribution is 0.167. The van der Waals surface area contributed by atoms with Gasteiger partial charge in [-0.05, 0) is 308 Å². The number of aryl methyl sites for hydroxylation is 8. The lowest BCUT2D eigenvalue weighted by Gasteiger charge is -2.41. The molecule has 75 heavy (non-hydrogen) atoms. The number of ether oxygens (including phenoxy) is 4. The van der Waals surface area contributed by atoms with E-state index in [1.807, 2.05) is 0 Å². The minimum absolute atomic E-state index is 0.295. The maximum absolute atomic E-state index is 6.52. The molecule has 0 radical (unpaired) electrons. The first-order chi connectivity index (χ1) is 35.4. The van der Waals surface area contributed by atoms with Crippen molar-refractivity contribution >= 4 is 0 Å². The monoisotopic (exact) mass is 1020 g/mol. The van der Waals surface area contributed by atoms with Gasteiger partial charge in [0.15, 0.2) is 0 Å². The van der Waals surface area contributed by atoms with Crippen molar-refractivity contribution in [2.75, 3.05) is 26.4 Å². The van der Waals surface area contributed by atoms with Crippen molar-refractivity contribution in [3.63, 3.8) is 0 Å². The summed E-state index contributed by atoms with van der Waals surface area (Å²) in [6.07, 6.45) is 11.6. The molecular weight excluding hydrogens is 917 g/mol. The number of hydrogen-bond acceptors (Lipinski definition) is 4. The summed E-state index contributed by atoms with van der Waals surface area (Å²) in [7, 11) is 0. The highest BCUT2D eigenvalue weighted by molar-refractivity contribution is 5.53. The standard InChI is InChI=1S/C71H100O4/c1-42(2)54(17)38-72-66-31-46(9)62(27-50(66)13)70(63-28-51(14)67(32-47(63)10)73-39-55(18)43(3)4)60-25-21-23-58(36-60)35-59-24-22-26-61(37-59)71(64-29-52(15)68(33-48(64)11)74-40-56(19)44(5)6)65-30-53(16)69(34-49(65)12)75-41-57(20)45(7)8/h27-34,58-61,70-71H,21-26,35-41H2,1-20H3. The van der Waals surface area contributed by atoms with Gasteiger partial charge < -0.3 is 18.9 Å². The van der Waals surface area contributed by atoms with E-state index in [1.165, 1.54) is 169 Å². The van der Waals surface area contributed by atoms with Gasteiger partial charge in [0.25, 0.3) is 0 Å². The highest BCUT2D eigenvalue weighted by atomic mass is 16.5. The van der Waals surface area contributed by atoms with Crippen LogP contribution in [0.2, 0.25) is 0 Å². The zero-order valence-electron chi connectivity index (χ0n) is 50.9. The molecule has 4 aromatic carbocycles. The van der Waals surface area contributed by atoms with Crippen LogP contribution in [0, 0.1) is 79.1 Å². The van der Waals surface area contributed by atoms with Crippen LogP contribution in [0.1, 0.15) is 219 Å². The highest BCUT2D eigenvalue weighted by Gasteiger charge is 2.37. The molecule has 0 N–H and O–H groups in total. The third-order valence-corrected chi connectivity index (χ3v) is 18.0. The molecule has 2 aliphatic rings. The van der Waals surface area contributed by atoms with Crippen LogP contribution in [-0.2, 0) is 0 Å². The minimum Gasteiger partial charge on any atom is -0.489 e. The smallest absolute Gasteiger partial charge is 0.122 e. The van der Waals surface area contributed by atoms with Crippen LogP contribution in [0.15, 0.2) is 93.1 Å². The SMILES string of the molecule is CC(C)=C(C)COc1cc(C)c(C(c2cc(C)c(OCC(C)=C(C)C)cc2C)C2CCCC(CC3CCCC(C(c4cc(C)c(OCC(C)=C(C)C)cc4C)c4cc(C)c(OCC(C)=C(C)C)cc4C)C3)C2)cc1C. The Hall–Kier alpha value is -4.96. The predicted octanol–water partition coefficient (Wildman–Crippen LogP) is 20.1. The Kier molecular flexibility index (Phi) is 20.9. The maximum Gasteiger partial charge on any atom is 0.122 e. The van der Waals surface area contributed by atoms with Gasteiger partial charge >= 0.3 is 0 Å². The van der Waals surface area contributed by atoms with Crippen LogP contribution in [0.3, 0.4) is 0 Å². The molecule has 2 aliphatic carbocycles. The Morgan fingerprint density at radius 1 is 0.347 bits per heavy atom. The molecule has 4 atom stereocenters. The summed E-state index contributed by atoms with van der Waals surface area (Å²) in [5.74, 6) is 7.10. The van der Waals surface area contributed by atoms with E-state index >= 15 is 0 Å². The van der Waals surface area contributed by atoms with Gasteiger partial charge in [-0.2, -0.15) is 0 Å². The van der Waals surface area contributed by atoms with Gasteiger partial charge in [-0.1, -0.05) is 72.2 Å². The van der Waals surface area contributed by atoms with Crippen molar-refractivity contribution in [3.8, 4) is 23.0 Å². The van der Waals surface area contributed by atoms with Gasteiger partial charge in [0, 0.05) is 11.8 Å². The number of hydrogen-bond donors (Lipinski definition) is 0. The Morgan fingerprint density at radius 2 is 0.587 bits per heavy atom. The normalized spacial score (nSPS) is 17.7. The van der Waals surface area contributed by atoms with Gasteiger partial charge in [-0.15, -0.1) is 0 Å². The fourth-order valence-electron chi connectivity index (χ4n) is 12.1. The van der Waals surface area contributed by atoms with Gasteiger partial charge in [-0.3, -0.25) is 0 Å². The number of allylic oxidation sites excluding steroid dienone is 4. The van der Waals surface area contributed by atoms with Crippen LogP contribution < -0.4 is 18.9 Å². The third-order valence-electron chi connectivity index (χ3n) is 18.0. The Labute approximate surface area is 457 Å². The van der Waals surface area contributed by atoms with Gasteiger partial charge in [-0.25, -0.2) is 0 Å². The molecule has 2 fully saturated rings. The topological polar surface area (TPSA) is 36.9 Å². The summed E-state index contributed by atoms with van der Waals surface area (Å²) in [5, 5.41) is 0. The second-order valence-electron chi connectivity index (χ2n) is 24.9. The van der Waals surface area contributed by atoms with Crippen LogP contribution in [0.5, 0.6) is 23.0 Å². The lowest BCUT2D eigenvalue weighted by Crippen LogP contribution is -2.28. The zero-order chi connectivity index (χ0) is 55.0. The zero-order valence-corrected chi connectivity index (χ0v) is 50.9. The molecule has 2 saturated carbocycles. The van der Waals surface area contributed by atoms with E-state index in [4.69, 9.17) is 18.9 Å². The summed E-state index contributed by atoms with van der Waals surface area (Å²) in [5.41, 5.74) is 26.5. The number of rotatable bonds is 20. The highest BCUT2D eigenvalue weighted by Crippen LogP contribution is 2.51. The molecule has 4 heteroatoms. The van der Waals surface area contributed by atoms with Crippen molar-refractivity contribution in [3.05, 3.63) is 160 Å². The largest absolute Gasteiger partial charge is 0.489 e. The van der Waals surface area contributed by atoms with E-state index in [2.05, 4.69) is 187 Å². The van der Waals surface area contributed by atoms with E-state index < -0.39 is 0 Å². The van der Waals surface area contributed by atoms with Gasteiger partial charge in [0.2, 0.25) is 0 Å². The van der Waals surface area contributed by atoms with Crippen molar-refractivity contribution in [2.24, 2.45) is 23.7 Å². The molecule has 4 aromatic rings. The maximum atomic E-state index is 6.52. The summed E-state index contributed by atoms with van der Waals surface area (Å²) in [6, 6.07) is 19.3. The van der Waals surface area contributed by atoms with Crippen LogP contribution in [0.4, 0.5) is 0 Å². The van der Waals surface area contributed by atoms with E-state index in [-0.39, 0.29) is 0 Å². The molecule has 0 amide bonds. The molecule has 4 nitrogen and oxygen atoms in total. The average molecular weight is 1020 g/mol. The Balaban J connectivity index is 1.33. The van der Waals surface area contributed by atoms with Crippen LogP contribution >= 0.6 is 0 Å². The van der Waals surface area contributed by atoms with Crippen molar-refractivity contribution in [1.82, 2.24) is 0 Å². The first kappa shape index (κ1) is 59.3. The van der Waals surface area contributed by atoms with Gasteiger partial charge in [0.1, 0.15) is 49.4 Å². The second kappa shape index (κ2) is 26.4. The Bertz CT molecular complexity index is 2420. The van der Waals surface area contributed by atoms with E-state index in [9.17, 15) is 0 Å². The molecule has 0 spiro atoms. The average Bonchev–Trinajstić information content (AvgIpc) is 3.35. The molecular formula is C71H100O4. The van der Waals surface area contributed by atoms with Crippen molar-refractivity contribution < 1.29 is 18.9 Å². The molecule has 6 rings (SSSR count). The summed E-state index contributed by atoms with van der Waals surface area (Å²) >= 11 is 0. The summed E-state index contributed by atoms with van der Waals surface area (Å²) < 4.78 is 26.1. The Morgan fingerprint density at radius 3 is 0.813 bits per heavy atom. The first-order valence-electron chi connectivity index (χ1n) is 28.9. The second-order valence-corrected chi connectivity index (χ2v) is 24.9. The number of benzene rings is 4. The minimum atomic E-state index is 0.295. The first-order valence-corrected chi connectivity index (χ1v) is 28.9. The fraction of sp³-hybridized carbons (Fsp3) is 0.549. The fourth-order valence-corrected chi connectivity index (χ4v) is 12.1. The van der Waals surface area contributed by atoms with E-state index in [0.717, 1.165) is 23.0 Å². The van der Waals surface area contributed by atoms with Gasteiger partial charge in [0.05, 0.1) is 0 Å². The van der Waals surface area contributed by atoms with Crippen LogP contribution in [-0.4, -0.2) is 26.4 Å². The molecule has 4 unspecified atom stereocenters. The third kappa shape index (κ3) is 15.2. The predicted molar refractivity (Wildman–Crippen MR) is 321 cm³/mol. The summed E-state index contributed by atoms with van der Waals surface area (Å²) in [4.78, 5) is 0. The molecule has 408 valence electrons. The van der Waals surface area contributed by atoms with E-state index in [1.54, 1.807) is 0 Å². The molecule has 0 saturated heterocycles. The van der Waals surface area contributed by atoms with E-state index in [0.29, 0.717) is 61.9 Å². The molecule has 0 aliphatic heterocycles. The van der Waals surface area contributed by atoms with Crippen LogP contribution in [0.25, 0.3) is 0 Å². The lowest BCUT2D eigenvalue weighted by atomic mass is 9.64. The summed E-state index contributed by atoms with van der Waals surface area (Å²) in [6.45, 7) is 46.9. The molecule has 0 bridgehead atoms. The molecule has 0 aromatic heterocycles. The van der Waals surface area contributed by atoms with Crippen molar-refractivity contribution in [2.45, 2.75) is 208 Å².